The smallest absolute Gasteiger partial charge is 0.178 e. The Bertz CT molecular complexity index is 603. The van der Waals surface area contributed by atoms with Crippen molar-refractivity contribution in [2.24, 2.45) is 0 Å². The van der Waals surface area contributed by atoms with Crippen LogP contribution in [0.1, 0.15) is 18.4 Å². The van der Waals surface area contributed by atoms with Crippen molar-refractivity contribution < 1.29 is 9.47 Å². The third-order valence-corrected chi connectivity index (χ3v) is 3.67. The van der Waals surface area contributed by atoms with Gasteiger partial charge in [0.2, 0.25) is 0 Å². The van der Waals surface area contributed by atoms with Gasteiger partial charge >= 0.3 is 0 Å². The van der Waals surface area contributed by atoms with Crippen molar-refractivity contribution >= 4 is 23.3 Å². The maximum absolute atomic E-state index is 5.47. The lowest BCUT2D eigenvalue weighted by Crippen LogP contribution is -2.05. The summed E-state index contributed by atoms with van der Waals surface area (Å²) in [6.07, 6.45) is 2.09. The number of benzene rings is 1. The molecule has 0 saturated carbocycles. The first-order chi connectivity index (χ1) is 9.74. The largest absolute Gasteiger partial charge is 0.382 e. The second-order valence-corrected chi connectivity index (χ2v) is 5.25. The molecule has 110 valence electrons. The summed E-state index contributed by atoms with van der Waals surface area (Å²) in [6, 6.07) is 6.24. The molecule has 0 aliphatic rings. The van der Waals surface area contributed by atoms with Crippen LogP contribution in [0.25, 0.3) is 11.0 Å². The fraction of sp³-hybridized carbons (Fsp3) is 0.533. The molecule has 0 amide bonds. The van der Waals surface area contributed by atoms with E-state index in [0.29, 0.717) is 13.2 Å². The SMILES string of the molecule is COCCOCCCCn1c(=S)[nH]c2cccc(C)c21. The molecule has 0 saturated heterocycles. The lowest BCUT2D eigenvalue weighted by atomic mass is 10.2. The first-order valence-corrected chi connectivity index (χ1v) is 7.39. The maximum Gasteiger partial charge on any atom is 0.178 e. The summed E-state index contributed by atoms with van der Waals surface area (Å²) in [5.41, 5.74) is 3.59. The van der Waals surface area contributed by atoms with Crippen molar-refractivity contribution in [3.8, 4) is 0 Å². The average molecular weight is 294 g/mol. The van der Waals surface area contributed by atoms with Gasteiger partial charge in [-0.1, -0.05) is 12.1 Å². The number of nitrogens with one attached hydrogen (secondary N) is 1. The van der Waals surface area contributed by atoms with Gasteiger partial charge in [0.25, 0.3) is 0 Å². The second-order valence-electron chi connectivity index (χ2n) is 4.87. The summed E-state index contributed by atoms with van der Waals surface area (Å²) in [4.78, 5) is 3.27. The van der Waals surface area contributed by atoms with E-state index in [1.165, 1.54) is 11.1 Å². The molecule has 1 aromatic heterocycles. The number of aromatic amines is 1. The highest BCUT2D eigenvalue weighted by molar-refractivity contribution is 7.71. The molecule has 0 aliphatic heterocycles. The van der Waals surface area contributed by atoms with E-state index in [2.05, 4.69) is 34.7 Å². The van der Waals surface area contributed by atoms with Gasteiger partial charge in [-0.2, -0.15) is 0 Å². The Morgan fingerprint density at radius 1 is 1.20 bits per heavy atom. The number of para-hydroxylation sites is 1. The number of aromatic nitrogens is 2. The van der Waals surface area contributed by atoms with Crippen LogP contribution >= 0.6 is 12.2 Å². The van der Waals surface area contributed by atoms with Crippen LogP contribution < -0.4 is 0 Å². The van der Waals surface area contributed by atoms with E-state index in [-0.39, 0.29) is 0 Å². The fourth-order valence-electron chi connectivity index (χ4n) is 2.33. The second kappa shape index (κ2) is 7.57. The van der Waals surface area contributed by atoms with Gasteiger partial charge in [-0.3, -0.25) is 0 Å². The molecule has 0 aliphatic carbocycles. The first-order valence-electron chi connectivity index (χ1n) is 6.99. The maximum atomic E-state index is 5.47. The van der Waals surface area contributed by atoms with Crippen molar-refractivity contribution in [3.63, 3.8) is 0 Å². The molecule has 0 spiro atoms. The number of H-pyrrole nitrogens is 1. The molecule has 2 rings (SSSR count). The zero-order valence-corrected chi connectivity index (χ0v) is 13.0. The van der Waals surface area contributed by atoms with E-state index >= 15 is 0 Å². The first kappa shape index (κ1) is 15.2. The minimum atomic E-state index is 0.659. The van der Waals surface area contributed by atoms with E-state index in [1.54, 1.807) is 7.11 Å². The van der Waals surface area contributed by atoms with E-state index in [1.807, 2.05) is 0 Å². The van der Waals surface area contributed by atoms with Gasteiger partial charge in [0.05, 0.1) is 24.2 Å². The molecule has 4 nitrogen and oxygen atoms in total. The Kier molecular flexibility index (Phi) is 5.76. The number of rotatable bonds is 8. The highest BCUT2D eigenvalue weighted by atomic mass is 32.1. The monoisotopic (exact) mass is 294 g/mol. The highest BCUT2D eigenvalue weighted by Crippen LogP contribution is 2.18. The standard InChI is InChI=1S/C15H22N2O2S/c1-12-6-5-7-13-14(12)17(15(20)16-13)8-3-4-9-19-11-10-18-2/h5-7H,3-4,8-11H2,1-2H3,(H,16,20). The van der Waals surface area contributed by atoms with Gasteiger partial charge in [-0.05, 0) is 43.6 Å². The third kappa shape index (κ3) is 3.69. The molecule has 1 aromatic carbocycles. The lowest BCUT2D eigenvalue weighted by Gasteiger charge is -2.07. The minimum Gasteiger partial charge on any atom is -0.382 e. The number of hydrogen-bond acceptors (Lipinski definition) is 3. The van der Waals surface area contributed by atoms with E-state index in [4.69, 9.17) is 21.7 Å². The Labute approximate surface area is 124 Å². The summed E-state index contributed by atoms with van der Waals surface area (Å²) in [7, 11) is 1.68. The molecule has 0 radical (unpaired) electrons. The highest BCUT2D eigenvalue weighted by Gasteiger charge is 2.06. The summed E-state index contributed by atoms with van der Waals surface area (Å²) in [5.74, 6) is 0. The Morgan fingerprint density at radius 2 is 2.05 bits per heavy atom. The number of nitrogens with zero attached hydrogens (tertiary/aromatic N) is 1. The summed E-state index contributed by atoms with van der Waals surface area (Å²) in [6.45, 7) is 5.15. The quantitative estimate of drug-likeness (QED) is 0.599. The summed E-state index contributed by atoms with van der Waals surface area (Å²) in [5, 5.41) is 0. The van der Waals surface area contributed by atoms with E-state index in [0.717, 1.165) is 36.3 Å². The molecule has 20 heavy (non-hydrogen) atoms. The predicted molar refractivity (Wildman–Crippen MR) is 83.8 cm³/mol. The Morgan fingerprint density at radius 3 is 2.85 bits per heavy atom. The normalized spacial score (nSPS) is 11.3. The van der Waals surface area contributed by atoms with Gasteiger partial charge in [-0.15, -0.1) is 0 Å². The molecule has 0 atom stereocenters. The molecule has 5 heteroatoms. The molecule has 1 N–H and O–H groups in total. The number of hydrogen-bond donors (Lipinski definition) is 1. The number of methoxy groups -OCH3 is 1. The zero-order valence-electron chi connectivity index (χ0n) is 12.1. The molecule has 2 aromatic rings. The number of aryl methyl sites for hydroxylation is 2. The van der Waals surface area contributed by atoms with E-state index in [9.17, 15) is 0 Å². The summed E-state index contributed by atoms with van der Waals surface area (Å²) < 4.78 is 13.4. The molecule has 0 unspecified atom stereocenters. The average Bonchev–Trinajstić information content (AvgIpc) is 2.75. The molecular formula is C15H22N2O2S. The van der Waals surface area contributed by atoms with Crippen molar-refractivity contribution in [2.75, 3.05) is 26.9 Å². The van der Waals surface area contributed by atoms with Crippen LogP contribution in [0.2, 0.25) is 0 Å². The number of imidazole rings is 1. The van der Waals surface area contributed by atoms with E-state index < -0.39 is 0 Å². The van der Waals surface area contributed by atoms with Crippen LogP contribution in [-0.4, -0.2) is 36.5 Å². The minimum absolute atomic E-state index is 0.659. The van der Waals surface area contributed by atoms with Gasteiger partial charge in [0.1, 0.15) is 0 Å². The fourth-order valence-corrected chi connectivity index (χ4v) is 2.63. The number of ether oxygens (including phenoxy) is 2. The lowest BCUT2D eigenvalue weighted by molar-refractivity contribution is 0.0684. The van der Waals surface area contributed by atoms with Crippen molar-refractivity contribution in [2.45, 2.75) is 26.3 Å². The summed E-state index contributed by atoms with van der Waals surface area (Å²) >= 11 is 5.41. The number of unbranched alkanes of at least 4 members (excludes halogenated alkanes) is 1. The molecule has 0 fully saturated rings. The Hall–Kier alpha value is -1.17. The van der Waals surface area contributed by atoms with Gasteiger partial charge < -0.3 is 19.0 Å². The number of fused-ring (bicyclic) bond motifs is 1. The molecule has 0 bridgehead atoms. The van der Waals surface area contributed by atoms with Crippen molar-refractivity contribution in [1.82, 2.24) is 9.55 Å². The van der Waals surface area contributed by atoms with Gasteiger partial charge in [0.15, 0.2) is 4.77 Å². The molecule has 1 heterocycles. The van der Waals surface area contributed by atoms with Crippen LogP contribution in [0.15, 0.2) is 18.2 Å². The Balaban J connectivity index is 1.90. The zero-order chi connectivity index (χ0) is 14.4. The van der Waals surface area contributed by atoms with Crippen LogP contribution in [0.5, 0.6) is 0 Å². The van der Waals surface area contributed by atoms with Crippen LogP contribution in [0.3, 0.4) is 0 Å². The van der Waals surface area contributed by atoms with Crippen molar-refractivity contribution in [1.29, 1.82) is 0 Å². The van der Waals surface area contributed by atoms with Crippen molar-refractivity contribution in [3.05, 3.63) is 28.5 Å². The van der Waals surface area contributed by atoms with Crippen LogP contribution in [-0.2, 0) is 16.0 Å². The topological polar surface area (TPSA) is 39.2 Å². The van der Waals surface area contributed by atoms with Crippen LogP contribution in [0.4, 0.5) is 0 Å². The van der Waals surface area contributed by atoms with Gasteiger partial charge in [-0.25, -0.2) is 0 Å². The van der Waals surface area contributed by atoms with Gasteiger partial charge in [0, 0.05) is 20.3 Å². The molecular weight excluding hydrogens is 272 g/mol. The predicted octanol–water partition coefficient (Wildman–Crippen LogP) is 3.45. The van der Waals surface area contributed by atoms with Crippen LogP contribution in [0, 0.1) is 11.7 Å². The third-order valence-electron chi connectivity index (χ3n) is 3.35.